The molecule has 144 valence electrons. The SMILES string of the molecule is CCCS(=O)(=O)N1CCCc2cc(NC(=O)Nc3ccc(C)cc3)ccc21. The Kier molecular flexibility index (Phi) is 5.70. The summed E-state index contributed by atoms with van der Waals surface area (Å²) in [5.41, 5.74) is 4.15. The molecular weight excluding hydrogens is 362 g/mol. The second kappa shape index (κ2) is 8.00. The Morgan fingerprint density at radius 2 is 1.74 bits per heavy atom. The first-order valence-electron chi connectivity index (χ1n) is 9.17. The van der Waals surface area contributed by atoms with Crippen molar-refractivity contribution in [2.75, 3.05) is 27.2 Å². The third-order valence-corrected chi connectivity index (χ3v) is 6.50. The number of urea groups is 1. The van der Waals surface area contributed by atoms with Crippen LogP contribution in [0.25, 0.3) is 0 Å². The maximum absolute atomic E-state index is 12.5. The van der Waals surface area contributed by atoms with Crippen molar-refractivity contribution in [2.45, 2.75) is 33.1 Å². The van der Waals surface area contributed by atoms with Gasteiger partial charge < -0.3 is 10.6 Å². The molecule has 0 fully saturated rings. The molecule has 0 aliphatic carbocycles. The van der Waals surface area contributed by atoms with Crippen molar-refractivity contribution >= 4 is 33.1 Å². The lowest BCUT2D eigenvalue weighted by molar-refractivity contribution is 0.262. The molecule has 1 heterocycles. The summed E-state index contributed by atoms with van der Waals surface area (Å²) in [6, 6.07) is 12.6. The van der Waals surface area contributed by atoms with E-state index >= 15 is 0 Å². The van der Waals surface area contributed by atoms with E-state index in [4.69, 9.17) is 0 Å². The second-order valence-electron chi connectivity index (χ2n) is 6.78. The molecule has 7 heteroatoms. The van der Waals surface area contributed by atoms with Crippen molar-refractivity contribution in [1.29, 1.82) is 0 Å². The van der Waals surface area contributed by atoms with Crippen molar-refractivity contribution in [2.24, 2.45) is 0 Å². The number of benzene rings is 2. The molecule has 0 spiro atoms. The normalized spacial score (nSPS) is 13.8. The number of nitrogens with one attached hydrogen (secondary N) is 2. The van der Waals surface area contributed by atoms with Crippen LogP contribution >= 0.6 is 0 Å². The summed E-state index contributed by atoms with van der Waals surface area (Å²) in [5.74, 6) is 0.144. The zero-order chi connectivity index (χ0) is 19.4. The quantitative estimate of drug-likeness (QED) is 0.810. The van der Waals surface area contributed by atoms with Gasteiger partial charge in [0.2, 0.25) is 10.0 Å². The molecule has 0 bridgehead atoms. The summed E-state index contributed by atoms with van der Waals surface area (Å²) >= 11 is 0. The number of carbonyl (C=O) groups excluding carboxylic acids is 1. The minimum Gasteiger partial charge on any atom is -0.308 e. The molecular formula is C20H25N3O3S. The Morgan fingerprint density at radius 3 is 2.44 bits per heavy atom. The third-order valence-electron chi connectivity index (χ3n) is 4.52. The van der Waals surface area contributed by atoms with Crippen LogP contribution in [-0.2, 0) is 16.4 Å². The third kappa shape index (κ3) is 4.60. The second-order valence-corrected chi connectivity index (χ2v) is 8.79. The average molecular weight is 388 g/mol. The molecule has 0 atom stereocenters. The van der Waals surface area contributed by atoms with Crippen molar-refractivity contribution in [3.05, 3.63) is 53.6 Å². The molecule has 0 saturated carbocycles. The monoisotopic (exact) mass is 387 g/mol. The molecule has 2 N–H and O–H groups in total. The zero-order valence-corrected chi connectivity index (χ0v) is 16.5. The van der Waals surface area contributed by atoms with E-state index in [-0.39, 0.29) is 11.8 Å². The fraction of sp³-hybridized carbons (Fsp3) is 0.350. The molecule has 6 nitrogen and oxygen atoms in total. The lowest BCUT2D eigenvalue weighted by Crippen LogP contribution is -2.37. The van der Waals surface area contributed by atoms with Gasteiger partial charge in [-0.05, 0) is 62.1 Å². The van der Waals surface area contributed by atoms with Gasteiger partial charge in [-0.1, -0.05) is 24.6 Å². The van der Waals surface area contributed by atoms with Crippen molar-refractivity contribution in [1.82, 2.24) is 0 Å². The summed E-state index contributed by atoms with van der Waals surface area (Å²) in [6.07, 6.45) is 2.16. The highest BCUT2D eigenvalue weighted by Gasteiger charge is 2.26. The first-order chi connectivity index (χ1) is 12.9. The van der Waals surface area contributed by atoms with E-state index in [9.17, 15) is 13.2 Å². The number of aryl methyl sites for hydroxylation is 2. The Balaban J connectivity index is 1.74. The smallest absolute Gasteiger partial charge is 0.308 e. The molecule has 2 aromatic carbocycles. The predicted octanol–water partition coefficient (Wildman–Crippen LogP) is 4.13. The number of hydrogen-bond donors (Lipinski definition) is 2. The van der Waals surface area contributed by atoms with E-state index in [0.29, 0.717) is 24.3 Å². The minimum atomic E-state index is -3.29. The summed E-state index contributed by atoms with van der Waals surface area (Å²) in [4.78, 5) is 12.2. The fourth-order valence-electron chi connectivity index (χ4n) is 3.23. The van der Waals surface area contributed by atoms with Gasteiger partial charge in [0.05, 0.1) is 11.4 Å². The van der Waals surface area contributed by atoms with Crippen LogP contribution in [-0.4, -0.2) is 26.7 Å². The minimum absolute atomic E-state index is 0.144. The van der Waals surface area contributed by atoms with Crippen molar-refractivity contribution in [3.63, 3.8) is 0 Å². The Morgan fingerprint density at radius 1 is 1.07 bits per heavy atom. The molecule has 2 amide bonds. The molecule has 1 aliphatic rings. The number of rotatable bonds is 5. The molecule has 0 saturated heterocycles. The molecule has 27 heavy (non-hydrogen) atoms. The van der Waals surface area contributed by atoms with Gasteiger partial charge in [-0.3, -0.25) is 4.31 Å². The fourth-order valence-corrected chi connectivity index (χ4v) is 4.85. The molecule has 0 aromatic heterocycles. The van der Waals surface area contributed by atoms with Gasteiger partial charge in [-0.25, -0.2) is 13.2 Å². The van der Waals surface area contributed by atoms with Crippen LogP contribution in [0, 0.1) is 6.92 Å². The van der Waals surface area contributed by atoms with Crippen LogP contribution in [0.5, 0.6) is 0 Å². The standard InChI is InChI=1S/C20H25N3O3S/c1-3-13-27(25,26)23-12-4-5-16-14-18(10-11-19(16)23)22-20(24)21-17-8-6-15(2)7-9-17/h6-11,14H,3-5,12-13H2,1-2H3,(H2,21,22,24). The number of hydrogen-bond acceptors (Lipinski definition) is 3. The highest BCUT2D eigenvalue weighted by Crippen LogP contribution is 2.32. The predicted molar refractivity (Wildman–Crippen MR) is 110 cm³/mol. The number of amides is 2. The van der Waals surface area contributed by atoms with E-state index in [1.165, 1.54) is 4.31 Å². The van der Waals surface area contributed by atoms with Gasteiger partial charge >= 0.3 is 6.03 Å². The highest BCUT2D eigenvalue weighted by molar-refractivity contribution is 7.92. The van der Waals surface area contributed by atoms with Gasteiger partial charge in [-0.2, -0.15) is 0 Å². The van der Waals surface area contributed by atoms with Gasteiger partial charge in [-0.15, -0.1) is 0 Å². The lowest BCUT2D eigenvalue weighted by atomic mass is 10.0. The largest absolute Gasteiger partial charge is 0.323 e. The van der Waals surface area contributed by atoms with Gasteiger partial charge in [0.1, 0.15) is 0 Å². The molecule has 0 unspecified atom stereocenters. The maximum Gasteiger partial charge on any atom is 0.323 e. The van der Waals surface area contributed by atoms with E-state index < -0.39 is 10.0 Å². The van der Waals surface area contributed by atoms with Crippen LogP contribution in [0.4, 0.5) is 21.9 Å². The van der Waals surface area contributed by atoms with E-state index in [1.807, 2.05) is 44.2 Å². The van der Waals surface area contributed by atoms with Crippen LogP contribution in [0.3, 0.4) is 0 Å². The summed E-state index contributed by atoms with van der Waals surface area (Å²) in [7, 11) is -3.29. The number of fused-ring (bicyclic) bond motifs is 1. The molecule has 2 aromatic rings. The maximum atomic E-state index is 12.5. The molecule has 1 aliphatic heterocycles. The Bertz CT molecular complexity index is 924. The summed E-state index contributed by atoms with van der Waals surface area (Å²) in [6.45, 7) is 4.36. The van der Waals surface area contributed by atoms with Crippen LogP contribution < -0.4 is 14.9 Å². The Labute approximate surface area is 160 Å². The van der Waals surface area contributed by atoms with Gasteiger partial charge in [0.25, 0.3) is 0 Å². The average Bonchev–Trinajstić information content (AvgIpc) is 2.63. The first kappa shape index (κ1) is 19.2. The lowest BCUT2D eigenvalue weighted by Gasteiger charge is -2.30. The zero-order valence-electron chi connectivity index (χ0n) is 15.7. The van der Waals surface area contributed by atoms with Crippen LogP contribution in [0.15, 0.2) is 42.5 Å². The van der Waals surface area contributed by atoms with Crippen LogP contribution in [0.2, 0.25) is 0 Å². The van der Waals surface area contributed by atoms with Gasteiger partial charge in [0, 0.05) is 17.9 Å². The summed E-state index contributed by atoms with van der Waals surface area (Å²) in [5, 5.41) is 5.61. The van der Waals surface area contributed by atoms with E-state index in [0.717, 1.165) is 29.7 Å². The molecule has 3 rings (SSSR count). The van der Waals surface area contributed by atoms with E-state index in [1.54, 1.807) is 12.1 Å². The topological polar surface area (TPSA) is 78.5 Å². The number of anilines is 3. The van der Waals surface area contributed by atoms with Crippen molar-refractivity contribution in [3.8, 4) is 0 Å². The summed E-state index contributed by atoms with van der Waals surface area (Å²) < 4.78 is 26.5. The van der Waals surface area contributed by atoms with Crippen molar-refractivity contribution < 1.29 is 13.2 Å². The number of nitrogens with zero attached hydrogens (tertiary/aromatic N) is 1. The number of carbonyl (C=O) groups is 1. The van der Waals surface area contributed by atoms with Gasteiger partial charge in [0.15, 0.2) is 0 Å². The molecule has 0 radical (unpaired) electrons. The van der Waals surface area contributed by atoms with Crippen LogP contribution in [0.1, 0.15) is 30.9 Å². The highest BCUT2D eigenvalue weighted by atomic mass is 32.2. The number of sulfonamides is 1. The Hall–Kier alpha value is -2.54. The van der Waals surface area contributed by atoms with E-state index in [2.05, 4.69) is 10.6 Å². The first-order valence-corrected chi connectivity index (χ1v) is 10.8.